The quantitative estimate of drug-likeness (QED) is 0.877. The number of nitrogens with zero attached hydrogens (tertiary/aromatic N) is 1. The van der Waals surface area contributed by atoms with Gasteiger partial charge in [0.05, 0.1) is 12.2 Å². The number of rotatable bonds is 4. The zero-order valence-corrected chi connectivity index (χ0v) is 14.2. The van der Waals surface area contributed by atoms with E-state index >= 15 is 0 Å². The smallest absolute Gasteiger partial charge is 0.270 e. The van der Waals surface area contributed by atoms with E-state index in [9.17, 15) is 4.79 Å². The summed E-state index contributed by atoms with van der Waals surface area (Å²) in [6.45, 7) is 6.37. The number of aryl methyl sites for hydroxylation is 1. The highest BCUT2D eigenvalue weighted by molar-refractivity contribution is 6.02. The normalized spacial score (nSPS) is 15.6. The molecule has 2 N–H and O–H groups in total. The molecule has 2 aromatic rings. The molecule has 126 valence electrons. The molecule has 1 heterocycles. The first-order valence-corrected chi connectivity index (χ1v) is 7.97. The molecule has 1 amide bonds. The van der Waals surface area contributed by atoms with Crippen molar-refractivity contribution >= 4 is 17.3 Å². The number of hydrogen-bond donors (Lipinski definition) is 1. The number of benzene rings is 2. The first kappa shape index (κ1) is 16.2. The molecule has 5 heteroatoms. The molecule has 0 aliphatic carbocycles. The molecule has 0 aromatic heterocycles. The molecule has 0 saturated heterocycles. The van der Waals surface area contributed by atoms with Crippen LogP contribution in [-0.2, 0) is 4.79 Å². The lowest BCUT2D eigenvalue weighted by Gasteiger charge is -2.38. The second-order valence-electron chi connectivity index (χ2n) is 6.46. The Kier molecular flexibility index (Phi) is 4.09. The van der Waals surface area contributed by atoms with Crippen LogP contribution in [-0.4, -0.2) is 24.7 Å². The lowest BCUT2D eigenvalue weighted by Crippen LogP contribution is -2.53. The molecule has 2 aromatic carbocycles. The van der Waals surface area contributed by atoms with Crippen LogP contribution in [0.2, 0.25) is 0 Å². The predicted molar refractivity (Wildman–Crippen MR) is 94.6 cm³/mol. The lowest BCUT2D eigenvalue weighted by molar-refractivity contribution is -0.132. The number of nitrogens with two attached hydrogens (primary N) is 1. The number of ether oxygens (including phenoxy) is 2. The number of fused-ring (bicyclic) bond motifs is 1. The molecule has 1 aliphatic heterocycles. The third kappa shape index (κ3) is 3.15. The van der Waals surface area contributed by atoms with Gasteiger partial charge in [-0.1, -0.05) is 12.1 Å². The zero-order valence-electron chi connectivity index (χ0n) is 14.2. The van der Waals surface area contributed by atoms with E-state index in [-0.39, 0.29) is 5.91 Å². The SMILES string of the molecule is Cc1cccc(OCCN2C(=O)C(C)(C)Oc3cc(N)ccc32)c1. The molecule has 0 bridgehead atoms. The molecule has 3 rings (SSSR count). The molecule has 0 fully saturated rings. The average Bonchev–Trinajstić information content (AvgIpc) is 2.51. The molecule has 24 heavy (non-hydrogen) atoms. The molecular weight excluding hydrogens is 304 g/mol. The first-order chi connectivity index (χ1) is 11.4. The summed E-state index contributed by atoms with van der Waals surface area (Å²) in [5, 5.41) is 0. The van der Waals surface area contributed by atoms with Gasteiger partial charge in [0.2, 0.25) is 0 Å². The van der Waals surface area contributed by atoms with Crippen molar-refractivity contribution in [2.24, 2.45) is 0 Å². The van der Waals surface area contributed by atoms with Gasteiger partial charge in [-0.25, -0.2) is 0 Å². The minimum absolute atomic E-state index is 0.0902. The number of nitrogen functional groups attached to an aromatic ring is 1. The van der Waals surface area contributed by atoms with Crippen LogP contribution in [0.25, 0.3) is 0 Å². The van der Waals surface area contributed by atoms with Crippen LogP contribution in [0.3, 0.4) is 0 Å². The van der Waals surface area contributed by atoms with Crippen LogP contribution in [0.4, 0.5) is 11.4 Å². The van der Waals surface area contributed by atoms with Gasteiger partial charge < -0.3 is 20.1 Å². The topological polar surface area (TPSA) is 64.8 Å². The van der Waals surface area contributed by atoms with E-state index in [0.717, 1.165) is 17.0 Å². The Balaban J connectivity index is 1.77. The van der Waals surface area contributed by atoms with Crippen molar-refractivity contribution in [1.82, 2.24) is 0 Å². The summed E-state index contributed by atoms with van der Waals surface area (Å²) in [6.07, 6.45) is 0. The lowest BCUT2D eigenvalue weighted by atomic mass is 10.0. The standard InChI is InChI=1S/C19H22N2O3/c1-13-5-4-6-15(11-13)23-10-9-21-16-8-7-14(20)12-17(16)24-19(2,3)18(21)22/h4-8,11-12H,9-10,20H2,1-3H3. The van der Waals surface area contributed by atoms with Gasteiger partial charge in [-0.15, -0.1) is 0 Å². The molecule has 5 nitrogen and oxygen atoms in total. The highest BCUT2D eigenvalue weighted by Crippen LogP contribution is 2.38. The van der Waals surface area contributed by atoms with Gasteiger partial charge in [-0.05, 0) is 50.6 Å². The maximum Gasteiger partial charge on any atom is 0.270 e. The Morgan fingerprint density at radius 1 is 1.21 bits per heavy atom. The molecule has 0 atom stereocenters. The maximum absolute atomic E-state index is 12.7. The van der Waals surface area contributed by atoms with Crippen LogP contribution in [0.1, 0.15) is 19.4 Å². The number of amides is 1. The Hall–Kier alpha value is -2.69. The van der Waals surface area contributed by atoms with E-state index in [0.29, 0.717) is 24.6 Å². The Morgan fingerprint density at radius 3 is 2.75 bits per heavy atom. The van der Waals surface area contributed by atoms with Crippen molar-refractivity contribution in [2.75, 3.05) is 23.8 Å². The second-order valence-corrected chi connectivity index (χ2v) is 6.46. The maximum atomic E-state index is 12.7. The third-order valence-corrected chi connectivity index (χ3v) is 3.97. The van der Waals surface area contributed by atoms with E-state index in [1.807, 2.05) is 37.3 Å². The van der Waals surface area contributed by atoms with Crippen LogP contribution >= 0.6 is 0 Å². The summed E-state index contributed by atoms with van der Waals surface area (Å²) in [5.41, 5.74) is 7.37. The molecular formula is C19H22N2O3. The number of carbonyl (C=O) groups excluding carboxylic acids is 1. The van der Waals surface area contributed by atoms with Gasteiger partial charge >= 0.3 is 0 Å². The first-order valence-electron chi connectivity index (χ1n) is 7.97. The Morgan fingerprint density at radius 2 is 2.00 bits per heavy atom. The summed E-state index contributed by atoms with van der Waals surface area (Å²) in [7, 11) is 0. The zero-order chi connectivity index (χ0) is 17.3. The molecule has 0 unspecified atom stereocenters. The van der Waals surface area contributed by atoms with Crippen LogP contribution < -0.4 is 20.1 Å². The van der Waals surface area contributed by atoms with Gasteiger partial charge in [0.25, 0.3) is 5.91 Å². The summed E-state index contributed by atoms with van der Waals surface area (Å²) in [5.74, 6) is 1.33. The number of hydrogen-bond acceptors (Lipinski definition) is 4. The minimum Gasteiger partial charge on any atom is -0.492 e. The molecule has 0 saturated carbocycles. The van der Waals surface area contributed by atoms with Crippen LogP contribution in [0, 0.1) is 6.92 Å². The van der Waals surface area contributed by atoms with Crippen molar-refractivity contribution in [1.29, 1.82) is 0 Å². The van der Waals surface area contributed by atoms with Gasteiger partial charge in [-0.3, -0.25) is 4.79 Å². The van der Waals surface area contributed by atoms with E-state index in [1.165, 1.54) is 0 Å². The highest BCUT2D eigenvalue weighted by atomic mass is 16.5. The molecule has 0 spiro atoms. The third-order valence-electron chi connectivity index (χ3n) is 3.97. The van der Waals surface area contributed by atoms with E-state index < -0.39 is 5.60 Å². The van der Waals surface area contributed by atoms with Crippen molar-refractivity contribution < 1.29 is 14.3 Å². The summed E-state index contributed by atoms with van der Waals surface area (Å²) >= 11 is 0. The van der Waals surface area contributed by atoms with Crippen molar-refractivity contribution in [3.63, 3.8) is 0 Å². The van der Waals surface area contributed by atoms with Crippen molar-refractivity contribution in [2.45, 2.75) is 26.4 Å². The molecule has 1 aliphatic rings. The van der Waals surface area contributed by atoms with E-state index in [1.54, 1.807) is 30.9 Å². The van der Waals surface area contributed by atoms with Crippen LogP contribution in [0.5, 0.6) is 11.5 Å². The fourth-order valence-corrected chi connectivity index (χ4v) is 2.77. The van der Waals surface area contributed by atoms with E-state index in [4.69, 9.17) is 15.2 Å². The predicted octanol–water partition coefficient (Wildman–Crippen LogP) is 3.16. The van der Waals surface area contributed by atoms with Gasteiger partial charge in [0.1, 0.15) is 18.1 Å². The fraction of sp³-hybridized carbons (Fsp3) is 0.316. The van der Waals surface area contributed by atoms with E-state index in [2.05, 4.69) is 0 Å². The van der Waals surface area contributed by atoms with Gasteiger partial charge in [-0.2, -0.15) is 0 Å². The summed E-state index contributed by atoms with van der Waals surface area (Å²) < 4.78 is 11.6. The van der Waals surface area contributed by atoms with Gasteiger partial charge in [0, 0.05) is 11.8 Å². The monoisotopic (exact) mass is 326 g/mol. The Labute approximate surface area is 142 Å². The minimum atomic E-state index is -0.926. The fourth-order valence-electron chi connectivity index (χ4n) is 2.77. The number of carbonyl (C=O) groups is 1. The molecule has 0 radical (unpaired) electrons. The summed E-state index contributed by atoms with van der Waals surface area (Å²) in [6, 6.07) is 13.2. The highest BCUT2D eigenvalue weighted by Gasteiger charge is 2.40. The summed E-state index contributed by atoms with van der Waals surface area (Å²) in [4.78, 5) is 14.4. The average molecular weight is 326 g/mol. The largest absolute Gasteiger partial charge is 0.492 e. The van der Waals surface area contributed by atoms with Crippen LogP contribution in [0.15, 0.2) is 42.5 Å². The number of anilines is 2. The van der Waals surface area contributed by atoms with Crippen molar-refractivity contribution in [3.05, 3.63) is 48.0 Å². The van der Waals surface area contributed by atoms with Gasteiger partial charge in [0.15, 0.2) is 5.60 Å². The Bertz CT molecular complexity index is 771. The second kappa shape index (κ2) is 6.07. The van der Waals surface area contributed by atoms with Crippen molar-refractivity contribution in [3.8, 4) is 11.5 Å².